The molecule has 0 aliphatic carbocycles. The molecule has 0 N–H and O–H groups in total. The average Bonchev–Trinajstić information content (AvgIpc) is 2.62. The molecule has 2 aliphatic heterocycles. The van der Waals surface area contributed by atoms with Gasteiger partial charge in [0.2, 0.25) is 6.41 Å². The number of amides is 2. The lowest BCUT2D eigenvalue weighted by molar-refractivity contribution is -0.119. The molecule has 0 saturated carbocycles. The number of ether oxygens (including phenoxy) is 1. The number of anilines is 1. The van der Waals surface area contributed by atoms with Crippen LogP contribution in [0.2, 0.25) is 0 Å². The zero-order valence-electron chi connectivity index (χ0n) is 12.3. The molecule has 8 nitrogen and oxygen atoms in total. The van der Waals surface area contributed by atoms with E-state index in [1.54, 1.807) is 15.9 Å². The predicted molar refractivity (Wildman–Crippen MR) is 78.6 cm³/mol. The van der Waals surface area contributed by atoms with Gasteiger partial charge in [0.25, 0.3) is 5.91 Å². The van der Waals surface area contributed by atoms with E-state index in [0.29, 0.717) is 45.1 Å². The molecule has 1 aromatic rings. The number of morpholine rings is 1. The summed E-state index contributed by atoms with van der Waals surface area (Å²) in [7, 11) is 0. The lowest BCUT2D eigenvalue weighted by atomic mass is 10.2. The second-order valence-electron chi connectivity index (χ2n) is 5.31. The summed E-state index contributed by atoms with van der Waals surface area (Å²) in [5.41, 5.74) is 0.344. The Kier molecular flexibility index (Phi) is 4.47. The Morgan fingerprint density at radius 3 is 2.36 bits per heavy atom. The number of aromatic nitrogens is 2. The maximum absolute atomic E-state index is 12.4. The second kappa shape index (κ2) is 6.69. The van der Waals surface area contributed by atoms with Gasteiger partial charge in [-0.05, 0) is 12.1 Å². The quantitative estimate of drug-likeness (QED) is 0.682. The number of nitrogens with zero attached hydrogens (tertiary/aromatic N) is 5. The van der Waals surface area contributed by atoms with Gasteiger partial charge in [-0.2, -0.15) is 0 Å². The fraction of sp³-hybridized carbons (Fsp3) is 0.571. The number of rotatable bonds is 3. The molecule has 0 radical (unpaired) electrons. The minimum Gasteiger partial charge on any atom is -0.378 e. The first-order valence-corrected chi connectivity index (χ1v) is 7.43. The summed E-state index contributed by atoms with van der Waals surface area (Å²) < 4.78 is 5.30. The summed E-state index contributed by atoms with van der Waals surface area (Å²) in [6.45, 7) is 5.13. The molecule has 22 heavy (non-hydrogen) atoms. The van der Waals surface area contributed by atoms with E-state index in [4.69, 9.17) is 4.74 Å². The smallest absolute Gasteiger partial charge is 0.274 e. The van der Waals surface area contributed by atoms with Crippen molar-refractivity contribution in [3.8, 4) is 0 Å². The highest BCUT2D eigenvalue weighted by Crippen LogP contribution is 2.13. The Morgan fingerprint density at radius 1 is 1.05 bits per heavy atom. The molecule has 118 valence electrons. The van der Waals surface area contributed by atoms with Crippen LogP contribution < -0.4 is 4.90 Å². The lowest BCUT2D eigenvalue weighted by Gasteiger charge is -2.32. The standard InChI is InChI=1S/C14H19N5O3/c20-11-17-3-5-19(6-4-17)14(21)12-1-2-13(16-15-12)18-7-9-22-10-8-18/h1-2,11H,3-10H2. The zero-order valence-corrected chi connectivity index (χ0v) is 12.3. The van der Waals surface area contributed by atoms with Crippen molar-refractivity contribution in [3.63, 3.8) is 0 Å². The number of carbonyl (C=O) groups is 2. The minimum atomic E-state index is -0.133. The largest absolute Gasteiger partial charge is 0.378 e. The maximum Gasteiger partial charge on any atom is 0.274 e. The molecule has 2 fully saturated rings. The fourth-order valence-electron chi connectivity index (χ4n) is 2.59. The van der Waals surface area contributed by atoms with Crippen LogP contribution in [0.5, 0.6) is 0 Å². The summed E-state index contributed by atoms with van der Waals surface area (Å²) in [5, 5.41) is 8.22. The van der Waals surface area contributed by atoms with E-state index in [2.05, 4.69) is 15.1 Å². The van der Waals surface area contributed by atoms with Gasteiger partial charge in [-0.3, -0.25) is 9.59 Å². The molecule has 1 aromatic heterocycles. The first kappa shape index (κ1) is 14.7. The number of hydrogen-bond acceptors (Lipinski definition) is 6. The van der Waals surface area contributed by atoms with Gasteiger partial charge in [0.1, 0.15) is 0 Å². The summed E-state index contributed by atoms with van der Waals surface area (Å²) in [6.07, 6.45) is 0.818. The summed E-state index contributed by atoms with van der Waals surface area (Å²) in [5.74, 6) is 0.636. The van der Waals surface area contributed by atoms with Crippen molar-refractivity contribution >= 4 is 18.1 Å². The molecule has 3 rings (SSSR count). The van der Waals surface area contributed by atoms with Gasteiger partial charge in [0, 0.05) is 39.3 Å². The first-order valence-electron chi connectivity index (χ1n) is 7.43. The van der Waals surface area contributed by atoms with Crippen molar-refractivity contribution in [2.75, 3.05) is 57.4 Å². The minimum absolute atomic E-state index is 0.133. The lowest BCUT2D eigenvalue weighted by Crippen LogP contribution is -2.48. The maximum atomic E-state index is 12.4. The third-order valence-corrected chi connectivity index (χ3v) is 3.96. The molecule has 2 amide bonds. The molecule has 0 spiro atoms. The first-order chi connectivity index (χ1) is 10.8. The highest BCUT2D eigenvalue weighted by atomic mass is 16.5. The predicted octanol–water partition coefficient (Wildman–Crippen LogP) is -0.773. The Balaban J connectivity index is 1.62. The van der Waals surface area contributed by atoms with Gasteiger partial charge in [-0.1, -0.05) is 0 Å². The van der Waals surface area contributed by atoms with Crippen LogP contribution in [0.1, 0.15) is 10.5 Å². The molecular formula is C14H19N5O3. The molecule has 3 heterocycles. The molecule has 8 heteroatoms. The van der Waals surface area contributed by atoms with Crippen LogP contribution in [0, 0.1) is 0 Å². The van der Waals surface area contributed by atoms with E-state index in [0.717, 1.165) is 25.3 Å². The van der Waals surface area contributed by atoms with Crippen molar-refractivity contribution in [1.82, 2.24) is 20.0 Å². The van der Waals surface area contributed by atoms with Gasteiger partial charge in [0.05, 0.1) is 13.2 Å². The number of carbonyl (C=O) groups excluding carboxylic acids is 2. The van der Waals surface area contributed by atoms with E-state index in [-0.39, 0.29) is 5.91 Å². The van der Waals surface area contributed by atoms with Gasteiger partial charge >= 0.3 is 0 Å². The van der Waals surface area contributed by atoms with E-state index < -0.39 is 0 Å². The Bertz CT molecular complexity index is 522. The summed E-state index contributed by atoms with van der Waals surface area (Å²) in [4.78, 5) is 28.5. The van der Waals surface area contributed by atoms with Gasteiger partial charge < -0.3 is 19.4 Å². The molecule has 0 atom stereocenters. The molecule has 2 aliphatic rings. The van der Waals surface area contributed by atoms with E-state index in [1.807, 2.05) is 6.07 Å². The van der Waals surface area contributed by atoms with E-state index in [9.17, 15) is 9.59 Å². The number of hydrogen-bond donors (Lipinski definition) is 0. The Labute approximate surface area is 128 Å². The molecule has 0 bridgehead atoms. The summed E-state index contributed by atoms with van der Waals surface area (Å²) >= 11 is 0. The van der Waals surface area contributed by atoms with Crippen molar-refractivity contribution < 1.29 is 14.3 Å². The van der Waals surface area contributed by atoms with Gasteiger partial charge in [0.15, 0.2) is 11.5 Å². The molecular weight excluding hydrogens is 286 g/mol. The topological polar surface area (TPSA) is 78.9 Å². The monoisotopic (exact) mass is 305 g/mol. The zero-order chi connectivity index (χ0) is 15.4. The van der Waals surface area contributed by atoms with Crippen molar-refractivity contribution in [2.24, 2.45) is 0 Å². The third kappa shape index (κ3) is 3.16. The van der Waals surface area contributed by atoms with Crippen LogP contribution in [0.4, 0.5) is 5.82 Å². The van der Waals surface area contributed by atoms with Crippen LogP contribution in [-0.2, 0) is 9.53 Å². The van der Waals surface area contributed by atoms with Crippen molar-refractivity contribution in [2.45, 2.75) is 0 Å². The average molecular weight is 305 g/mol. The van der Waals surface area contributed by atoms with Crippen LogP contribution in [-0.4, -0.2) is 84.8 Å². The van der Waals surface area contributed by atoms with E-state index >= 15 is 0 Å². The molecule has 0 unspecified atom stereocenters. The Morgan fingerprint density at radius 2 is 1.77 bits per heavy atom. The second-order valence-corrected chi connectivity index (χ2v) is 5.31. The van der Waals surface area contributed by atoms with Crippen molar-refractivity contribution in [3.05, 3.63) is 17.8 Å². The van der Waals surface area contributed by atoms with Crippen molar-refractivity contribution in [1.29, 1.82) is 0 Å². The Hall–Kier alpha value is -2.22. The normalized spacial score (nSPS) is 19.2. The third-order valence-electron chi connectivity index (χ3n) is 3.96. The molecule has 2 saturated heterocycles. The van der Waals surface area contributed by atoms with Crippen LogP contribution in [0.3, 0.4) is 0 Å². The summed E-state index contributed by atoms with van der Waals surface area (Å²) in [6, 6.07) is 3.54. The highest BCUT2D eigenvalue weighted by Gasteiger charge is 2.23. The van der Waals surface area contributed by atoms with Crippen LogP contribution in [0.25, 0.3) is 0 Å². The van der Waals surface area contributed by atoms with E-state index in [1.165, 1.54) is 0 Å². The van der Waals surface area contributed by atoms with Gasteiger partial charge in [-0.25, -0.2) is 0 Å². The highest BCUT2D eigenvalue weighted by molar-refractivity contribution is 5.92. The van der Waals surface area contributed by atoms with Crippen LogP contribution in [0.15, 0.2) is 12.1 Å². The SMILES string of the molecule is O=CN1CCN(C(=O)c2ccc(N3CCOCC3)nn2)CC1. The molecule has 0 aromatic carbocycles. The van der Waals surface area contributed by atoms with Crippen LogP contribution >= 0.6 is 0 Å². The fourth-order valence-corrected chi connectivity index (χ4v) is 2.59. The number of piperazine rings is 1. The van der Waals surface area contributed by atoms with Gasteiger partial charge in [-0.15, -0.1) is 10.2 Å².